The molecule has 6 heteroatoms. The number of halogens is 2. The molecule has 0 fully saturated rings. The molecule has 0 saturated carbocycles. The highest BCUT2D eigenvalue weighted by Gasteiger charge is 2.11. The molecule has 1 aromatic carbocycles. The molecule has 0 radical (unpaired) electrons. The van der Waals surface area contributed by atoms with Crippen molar-refractivity contribution in [2.75, 3.05) is 0 Å². The number of aryl methyl sites for hydroxylation is 1. The number of aromatic nitrogens is 1. The Balaban J connectivity index is 2.61. The summed E-state index contributed by atoms with van der Waals surface area (Å²) in [5, 5.41) is 1.42. The van der Waals surface area contributed by atoms with Gasteiger partial charge in [0.15, 0.2) is 0 Å². The van der Waals surface area contributed by atoms with Crippen molar-refractivity contribution < 1.29 is 8.42 Å². The van der Waals surface area contributed by atoms with Crippen molar-refractivity contribution in [1.82, 2.24) is 4.98 Å². The average Bonchev–Trinajstić information content (AvgIpc) is 2.45. The maximum Gasteiger partial charge on any atom is 0.236 e. The summed E-state index contributed by atoms with van der Waals surface area (Å²) >= 11 is 6.04. The second-order valence-electron chi connectivity index (χ2n) is 3.66. The maximum atomic E-state index is 11.0. The number of aromatic amines is 1. The van der Waals surface area contributed by atoms with Crippen LogP contribution >= 0.6 is 22.3 Å². The number of fused-ring (bicyclic) bond motifs is 1. The van der Waals surface area contributed by atoms with E-state index in [0.29, 0.717) is 10.6 Å². The van der Waals surface area contributed by atoms with E-state index in [1.165, 1.54) is 0 Å². The maximum absolute atomic E-state index is 11.0. The SMILES string of the molecule is Cc1c[nH]c2c(Cl)cc(CS(=O)(=O)Cl)cc12. The summed E-state index contributed by atoms with van der Waals surface area (Å²) in [6, 6.07) is 3.40. The highest BCUT2D eigenvalue weighted by atomic mass is 35.7. The molecule has 2 rings (SSSR count). The Morgan fingerprint density at radius 3 is 2.69 bits per heavy atom. The van der Waals surface area contributed by atoms with Crippen LogP contribution in [0.4, 0.5) is 0 Å². The van der Waals surface area contributed by atoms with Gasteiger partial charge in [-0.25, -0.2) is 8.42 Å². The van der Waals surface area contributed by atoms with Gasteiger partial charge in [-0.3, -0.25) is 0 Å². The Morgan fingerprint density at radius 1 is 1.38 bits per heavy atom. The molecule has 3 nitrogen and oxygen atoms in total. The second-order valence-corrected chi connectivity index (χ2v) is 6.84. The van der Waals surface area contributed by atoms with Gasteiger partial charge in [0, 0.05) is 22.3 Å². The lowest BCUT2D eigenvalue weighted by molar-refractivity contribution is 0.609. The molecule has 0 atom stereocenters. The van der Waals surface area contributed by atoms with E-state index in [-0.39, 0.29) is 5.75 Å². The van der Waals surface area contributed by atoms with E-state index in [1.54, 1.807) is 12.1 Å². The number of H-pyrrole nitrogens is 1. The van der Waals surface area contributed by atoms with E-state index in [4.69, 9.17) is 22.3 Å². The lowest BCUT2D eigenvalue weighted by Crippen LogP contribution is -1.95. The molecule has 0 unspecified atom stereocenters. The quantitative estimate of drug-likeness (QED) is 0.857. The summed E-state index contributed by atoms with van der Waals surface area (Å²) in [6.07, 6.45) is 1.83. The Bertz CT molecular complexity index is 646. The molecular formula is C10H9Cl2NO2S. The number of benzene rings is 1. The molecule has 16 heavy (non-hydrogen) atoms. The Labute approximate surface area is 103 Å². The van der Waals surface area contributed by atoms with E-state index in [9.17, 15) is 8.42 Å². The van der Waals surface area contributed by atoms with Gasteiger partial charge in [-0.2, -0.15) is 0 Å². The van der Waals surface area contributed by atoms with Crippen LogP contribution in [0.25, 0.3) is 10.9 Å². The predicted molar refractivity (Wildman–Crippen MR) is 66.5 cm³/mol. The van der Waals surface area contributed by atoms with Crippen molar-refractivity contribution >= 4 is 42.2 Å². The van der Waals surface area contributed by atoms with Crippen LogP contribution < -0.4 is 0 Å². The summed E-state index contributed by atoms with van der Waals surface area (Å²) in [4.78, 5) is 3.03. The molecule has 1 aromatic heterocycles. The smallest absolute Gasteiger partial charge is 0.236 e. The topological polar surface area (TPSA) is 49.9 Å². The van der Waals surface area contributed by atoms with E-state index in [1.807, 2.05) is 13.1 Å². The average molecular weight is 278 g/mol. The monoisotopic (exact) mass is 277 g/mol. The van der Waals surface area contributed by atoms with Crippen molar-refractivity contribution in [3.05, 3.63) is 34.5 Å². The Kier molecular flexibility index (Phi) is 2.90. The molecule has 86 valence electrons. The third-order valence-corrected chi connectivity index (χ3v) is 3.65. The molecule has 0 spiro atoms. The fraction of sp³-hybridized carbons (Fsp3) is 0.200. The number of rotatable bonds is 2. The third-order valence-electron chi connectivity index (χ3n) is 2.35. The van der Waals surface area contributed by atoms with Gasteiger partial charge in [-0.1, -0.05) is 11.6 Å². The van der Waals surface area contributed by atoms with Crippen molar-refractivity contribution in [3.8, 4) is 0 Å². The summed E-state index contributed by atoms with van der Waals surface area (Å²) < 4.78 is 22.0. The van der Waals surface area contributed by atoms with Gasteiger partial charge in [-0.15, -0.1) is 0 Å². The van der Waals surface area contributed by atoms with Crippen LogP contribution in [0.3, 0.4) is 0 Å². The van der Waals surface area contributed by atoms with Gasteiger partial charge in [-0.05, 0) is 30.2 Å². The van der Waals surface area contributed by atoms with E-state index in [0.717, 1.165) is 16.5 Å². The Morgan fingerprint density at radius 2 is 2.06 bits per heavy atom. The second kappa shape index (κ2) is 3.95. The highest BCUT2D eigenvalue weighted by molar-refractivity contribution is 8.13. The molecule has 1 heterocycles. The predicted octanol–water partition coefficient (Wildman–Crippen LogP) is 3.20. The van der Waals surface area contributed by atoms with E-state index >= 15 is 0 Å². The zero-order valence-electron chi connectivity index (χ0n) is 8.42. The molecule has 1 N–H and O–H groups in total. The van der Waals surface area contributed by atoms with Gasteiger partial charge >= 0.3 is 0 Å². The van der Waals surface area contributed by atoms with Crippen molar-refractivity contribution in [2.45, 2.75) is 12.7 Å². The largest absolute Gasteiger partial charge is 0.360 e. The van der Waals surface area contributed by atoms with Gasteiger partial charge in [0.05, 0.1) is 16.3 Å². The van der Waals surface area contributed by atoms with Gasteiger partial charge in [0.25, 0.3) is 0 Å². The standard InChI is InChI=1S/C10H9Cl2NO2S/c1-6-4-13-10-8(6)2-7(3-9(10)11)5-16(12,14)15/h2-4,13H,5H2,1H3. The summed E-state index contributed by atoms with van der Waals surface area (Å²) in [6.45, 7) is 1.92. The normalized spacial score (nSPS) is 12.2. The first-order valence-electron chi connectivity index (χ1n) is 4.55. The van der Waals surface area contributed by atoms with Crippen LogP contribution in [0.2, 0.25) is 5.02 Å². The van der Waals surface area contributed by atoms with Crippen LogP contribution in [0.15, 0.2) is 18.3 Å². The minimum atomic E-state index is -3.56. The summed E-state index contributed by atoms with van der Waals surface area (Å²) in [5.74, 6) is -0.213. The number of hydrogen-bond acceptors (Lipinski definition) is 2. The molecular weight excluding hydrogens is 269 g/mol. The number of hydrogen-bond donors (Lipinski definition) is 1. The van der Waals surface area contributed by atoms with Gasteiger partial charge in [0.2, 0.25) is 9.05 Å². The lowest BCUT2D eigenvalue weighted by Gasteiger charge is -2.01. The first-order chi connectivity index (χ1) is 7.37. The van der Waals surface area contributed by atoms with Crippen LogP contribution in [-0.2, 0) is 14.8 Å². The molecule has 0 aliphatic rings. The molecule has 0 aliphatic heterocycles. The first-order valence-corrected chi connectivity index (χ1v) is 7.41. The summed E-state index contributed by atoms with van der Waals surface area (Å²) in [7, 11) is 1.65. The fourth-order valence-electron chi connectivity index (χ4n) is 1.66. The van der Waals surface area contributed by atoms with Crippen LogP contribution in [0.5, 0.6) is 0 Å². The van der Waals surface area contributed by atoms with Crippen molar-refractivity contribution in [2.24, 2.45) is 0 Å². The minimum Gasteiger partial charge on any atom is -0.360 e. The molecule has 0 saturated heterocycles. The summed E-state index contributed by atoms with van der Waals surface area (Å²) in [5.41, 5.74) is 2.43. The van der Waals surface area contributed by atoms with Crippen LogP contribution in [0.1, 0.15) is 11.1 Å². The lowest BCUT2D eigenvalue weighted by atomic mass is 10.1. The zero-order chi connectivity index (χ0) is 11.9. The minimum absolute atomic E-state index is 0.213. The number of nitrogens with one attached hydrogen (secondary N) is 1. The van der Waals surface area contributed by atoms with Gasteiger partial charge < -0.3 is 4.98 Å². The third kappa shape index (κ3) is 2.34. The Hall–Kier alpha value is -0.710. The highest BCUT2D eigenvalue weighted by Crippen LogP contribution is 2.28. The van der Waals surface area contributed by atoms with Crippen molar-refractivity contribution in [1.29, 1.82) is 0 Å². The molecule has 0 aliphatic carbocycles. The van der Waals surface area contributed by atoms with E-state index in [2.05, 4.69) is 4.98 Å². The van der Waals surface area contributed by atoms with Crippen LogP contribution in [-0.4, -0.2) is 13.4 Å². The van der Waals surface area contributed by atoms with Crippen molar-refractivity contribution in [3.63, 3.8) is 0 Å². The molecule has 2 aromatic rings. The van der Waals surface area contributed by atoms with Gasteiger partial charge in [0.1, 0.15) is 0 Å². The van der Waals surface area contributed by atoms with Crippen LogP contribution in [0, 0.1) is 6.92 Å². The fourth-order valence-corrected chi connectivity index (χ4v) is 2.90. The zero-order valence-corrected chi connectivity index (χ0v) is 10.7. The molecule has 0 bridgehead atoms. The van der Waals surface area contributed by atoms with E-state index < -0.39 is 9.05 Å². The molecule has 0 amide bonds. The first kappa shape index (κ1) is 11.8.